The molecule has 1 saturated heterocycles. The highest BCUT2D eigenvalue weighted by Crippen LogP contribution is 2.32. The molecule has 9 heteroatoms. The van der Waals surface area contributed by atoms with E-state index in [0.717, 1.165) is 17.0 Å². The van der Waals surface area contributed by atoms with Crippen LogP contribution in [-0.4, -0.2) is 54.9 Å². The van der Waals surface area contributed by atoms with Crippen LogP contribution in [0, 0.1) is 0 Å². The molecule has 9 nitrogen and oxygen atoms in total. The van der Waals surface area contributed by atoms with Crippen LogP contribution < -0.4 is 19.5 Å². The Bertz CT molecular complexity index is 1140. The van der Waals surface area contributed by atoms with Gasteiger partial charge in [-0.1, -0.05) is 5.16 Å². The molecule has 2 aromatic carbocycles. The van der Waals surface area contributed by atoms with Gasteiger partial charge >= 0.3 is 0 Å². The first-order valence-corrected chi connectivity index (χ1v) is 11.2. The Balaban J connectivity index is 1.16. The van der Waals surface area contributed by atoms with Crippen LogP contribution >= 0.6 is 0 Å². The maximum absolute atomic E-state index is 12.6. The number of aliphatic hydroxyl groups excluding tert-OH is 1. The minimum absolute atomic E-state index is 0.135. The van der Waals surface area contributed by atoms with E-state index in [1.165, 1.54) is 0 Å². The first-order valence-electron chi connectivity index (χ1n) is 11.2. The van der Waals surface area contributed by atoms with E-state index in [1.807, 2.05) is 30.3 Å². The number of methoxy groups -OCH3 is 1. The first-order chi connectivity index (χ1) is 16.6. The second-order valence-electron chi connectivity index (χ2n) is 8.33. The Morgan fingerprint density at radius 2 is 1.94 bits per heavy atom. The van der Waals surface area contributed by atoms with Crippen molar-refractivity contribution in [3.05, 3.63) is 59.8 Å². The summed E-state index contributed by atoms with van der Waals surface area (Å²) in [6.07, 6.45) is 0.533. The largest absolute Gasteiger partial charge is 0.497 e. The third kappa shape index (κ3) is 4.85. The summed E-state index contributed by atoms with van der Waals surface area (Å²) in [5, 5.41) is 17.4. The molecule has 5 rings (SSSR count). The Morgan fingerprint density at radius 3 is 2.76 bits per heavy atom. The third-order valence-corrected chi connectivity index (χ3v) is 6.05. The molecule has 1 aromatic heterocycles. The SMILES string of the molecule is COc1ccc(-c2cc(CC3CCC(O)C(CNC(=O)c4ccc5c(c4)OCO5)O3)no2)cc1. The van der Waals surface area contributed by atoms with Crippen molar-refractivity contribution in [3.63, 3.8) is 0 Å². The van der Waals surface area contributed by atoms with Crippen LogP contribution in [0.2, 0.25) is 0 Å². The van der Waals surface area contributed by atoms with Crippen molar-refractivity contribution in [2.75, 3.05) is 20.4 Å². The van der Waals surface area contributed by atoms with Gasteiger partial charge in [0.2, 0.25) is 6.79 Å². The highest BCUT2D eigenvalue weighted by Gasteiger charge is 2.31. The van der Waals surface area contributed by atoms with Crippen molar-refractivity contribution in [1.82, 2.24) is 10.5 Å². The second kappa shape index (κ2) is 9.74. The molecule has 3 unspecified atom stereocenters. The Morgan fingerprint density at radius 1 is 1.12 bits per heavy atom. The summed E-state index contributed by atoms with van der Waals surface area (Å²) in [5.41, 5.74) is 2.14. The number of amides is 1. The minimum atomic E-state index is -0.652. The topological polar surface area (TPSA) is 112 Å². The quantitative estimate of drug-likeness (QED) is 0.547. The van der Waals surface area contributed by atoms with Crippen LogP contribution in [-0.2, 0) is 11.2 Å². The number of rotatable bonds is 7. The Kier molecular flexibility index (Phi) is 6.37. The molecule has 1 fully saturated rings. The second-order valence-corrected chi connectivity index (χ2v) is 8.33. The van der Waals surface area contributed by atoms with Crippen molar-refractivity contribution in [3.8, 4) is 28.6 Å². The number of ether oxygens (including phenoxy) is 4. The summed E-state index contributed by atoms with van der Waals surface area (Å²) >= 11 is 0. The summed E-state index contributed by atoms with van der Waals surface area (Å²) < 4.78 is 27.4. The third-order valence-electron chi connectivity index (χ3n) is 6.05. The molecule has 178 valence electrons. The number of nitrogens with zero attached hydrogens (tertiary/aromatic N) is 1. The van der Waals surface area contributed by atoms with Gasteiger partial charge in [-0.25, -0.2) is 0 Å². The molecule has 0 spiro atoms. The van der Waals surface area contributed by atoms with Crippen LogP contribution in [0.4, 0.5) is 0 Å². The van der Waals surface area contributed by atoms with Crippen LogP contribution in [0.3, 0.4) is 0 Å². The zero-order chi connectivity index (χ0) is 23.5. The van der Waals surface area contributed by atoms with Gasteiger partial charge in [0.15, 0.2) is 17.3 Å². The lowest BCUT2D eigenvalue weighted by atomic mass is 9.98. The molecule has 3 atom stereocenters. The van der Waals surface area contributed by atoms with E-state index in [0.29, 0.717) is 42.1 Å². The molecule has 2 aliphatic heterocycles. The van der Waals surface area contributed by atoms with Crippen molar-refractivity contribution < 1.29 is 33.4 Å². The van der Waals surface area contributed by atoms with E-state index >= 15 is 0 Å². The first kappa shape index (κ1) is 22.2. The zero-order valence-electron chi connectivity index (χ0n) is 18.7. The molecule has 34 heavy (non-hydrogen) atoms. The van der Waals surface area contributed by atoms with Crippen molar-refractivity contribution in [1.29, 1.82) is 0 Å². The zero-order valence-corrected chi connectivity index (χ0v) is 18.7. The maximum atomic E-state index is 12.6. The number of hydrogen-bond donors (Lipinski definition) is 2. The molecule has 1 amide bonds. The van der Waals surface area contributed by atoms with Crippen LogP contribution in [0.5, 0.6) is 17.2 Å². The molecule has 3 aromatic rings. The van der Waals surface area contributed by atoms with Gasteiger partial charge in [0, 0.05) is 30.2 Å². The fraction of sp³-hybridized carbons (Fsp3) is 0.360. The fourth-order valence-corrected chi connectivity index (χ4v) is 4.15. The number of carbonyl (C=O) groups is 1. The lowest BCUT2D eigenvalue weighted by Crippen LogP contribution is -2.46. The van der Waals surface area contributed by atoms with Crippen LogP contribution in [0.1, 0.15) is 28.9 Å². The standard InChI is InChI=1S/C25H26N2O7/c1-30-18-5-2-15(3-6-18)22-12-17(27-34-22)11-19-7-8-20(28)24(33-19)13-26-25(29)16-4-9-21-23(10-16)32-14-31-21/h2-6,9-10,12,19-20,24,28H,7-8,11,13-14H2,1H3,(H,26,29). The van der Waals surface area contributed by atoms with Gasteiger partial charge in [0.25, 0.3) is 5.91 Å². The number of aliphatic hydroxyl groups is 1. The molecule has 2 aliphatic rings. The van der Waals surface area contributed by atoms with Gasteiger partial charge in [-0.15, -0.1) is 0 Å². The summed E-state index contributed by atoms with van der Waals surface area (Å²) in [4.78, 5) is 12.6. The van der Waals surface area contributed by atoms with E-state index in [9.17, 15) is 9.90 Å². The summed E-state index contributed by atoms with van der Waals surface area (Å²) in [6, 6.07) is 14.5. The van der Waals surface area contributed by atoms with Gasteiger partial charge < -0.3 is 33.9 Å². The highest BCUT2D eigenvalue weighted by atomic mass is 16.7. The minimum Gasteiger partial charge on any atom is -0.497 e. The van der Waals surface area contributed by atoms with E-state index in [2.05, 4.69) is 10.5 Å². The lowest BCUT2D eigenvalue weighted by Gasteiger charge is -2.33. The molecule has 0 bridgehead atoms. The number of benzene rings is 2. The molecule has 2 N–H and O–H groups in total. The molecular formula is C25H26N2O7. The Hall–Kier alpha value is -3.56. The van der Waals surface area contributed by atoms with Gasteiger partial charge in [-0.2, -0.15) is 0 Å². The maximum Gasteiger partial charge on any atom is 0.251 e. The molecule has 0 radical (unpaired) electrons. The summed E-state index contributed by atoms with van der Waals surface area (Å²) in [5.74, 6) is 2.34. The number of fused-ring (bicyclic) bond motifs is 1. The lowest BCUT2D eigenvalue weighted by molar-refractivity contribution is -0.114. The predicted molar refractivity (Wildman–Crippen MR) is 121 cm³/mol. The van der Waals surface area contributed by atoms with Crippen molar-refractivity contribution in [2.45, 2.75) is 37.6 Å². The smallest absolute Gasteiger partial charge is 0.251 e. The summed E-state index contributed by atoms with van der Waals surface area (Å²) in [7, 11) is 1.62. The number of nitrogens with one attached hydrogen (secondary N) is 1. The number of aromatic nitrogens is 1. The van der Waals surface area contributed by atoms with E-state index in [4.69, 9.17) is 23.5 Å². The predicted octanol–water partition coefficient (Wildman–Crippen LogP) is 2.96. The van der Waals surface area contributed by atoms with Crippen molar-refractivity contribution in [2.24, 2.45) is 0 Å². The normalized spacial score (nSPS) is 21.3. The molecule has 0 aliphatic carbocycles. The highest BCUT2D eigenvalue weighted by molar-refractivity contribution is 5.94. The van der Waals surface area contributed by atoms with Gasteiger partial charge in [0.1, 0.15) is 11.9 Å². The van der Waals surface area contributed by atoms with Gasteiger partial charge in [0.05, 0.1) is 25.0 Å². The molecular weight excluding hydrogens is 440 g/mol. The fourth-order valence-electron chi connectivity index (χ4n) is 4.15. The van der Waals surface area contributed by atoms with E-state index < -0.39 is 12.2 Å². The monoisotopic (exact) mass is 466 g/mol. The molecule has 0 saturated carbocycles. The van der Waals surface area contributed by atoms with E-state index in [-0.39, 0.29) is 25.3 Å². The van der Waals surface area contributed by atoms with Crippen molar-refractivity contribution >= 4 is 5.91 Å². The van der Waals surface area contributed by atoms with Gasteiger partial charge in [-0.05, 0) is 55.3 Å². The Labute approximate surface area is 196 Å². The van der Waals surface area contributed by atoms with Crippen LogP contribution in [0.25, 0.3) is 11.3 Å². The average Bonchev–Trinajstić information content (AvgIpc) is 3.53. The average molecular weight is 466 g/mol. The number of hydrogen-bond acceptors (Lipinski definition) is 8. The van der Waals surface area contributed by atoms with E-state index in [1.54, 1.807) is 25.3 Å². The number of carbonyl (C=O) groups excluding carboxylic acids is 1. The summed E-state index contributed by atoms with van der Waals surface area (Å²) in [6.45, 7) is 0.345. The van der Waals surface area contributed by atoms with Crippen LogP contribution in [0.15, 0.2) is 53.1 Å². The molecule has 3 heterocycles. The van der Waals surface area contributed by atoms with Gasteiger partial charge in [-0.3, -0.25) is 4.79 Å².